The van der Waals surface area contributed by atoms with E-state index in [9.17, 15) is 4.79 Å². The number of carbonyl (C=O) groups excluding carboxylic acids is 1. The normalized spacial score (nSPS) is 11.5. The summed E-state index contributed by atoms with van der Waals surface area (Å²) in [7, 11) is 0. The molecule has 0 bridgehead atoms. The molecule has 3 heteroatoms. The summed E-state index contributed by atoms with van der Waals surface area (Å²) in [6, 6.07) is 35.1. The molecule has 0 atom stereocenters. The molecule has 6 rings (SSSR count). The topological polar surface area (TPSA) is 31.2 Å². The zero-order chi connectivity index (χ0) is 28.7. The average molecular weight is 538 g/mol. The molecule has 1 aromatic heterocycles. The number of hydrogen-bond acceptors (Lipinski definition) is 2. The van der Waals surface area contributed by atoms with Gasteiger partial charge in [-0.15, -0.1) is 0 Å². The summed E-state index contributed by atoms with van der Waals surface area (Å²) in [5.74, 6) is 0.637. The van der Waals surface area contributed by atoms with Crippen molar-refractivity contribution in [2.75, 3.05) is 0 Å². The number of benzene rings is 5. The van der Waals surface area contributed by atoms with Crippen LogP contribution in [0.5, 0.6) is 5.75 Å². The monoisotopic (exact) mass is 537 g/mol. The van der Waals surface area contributed by atoms with Crippen molar-refractivity contribution in [3.8, 4) is 22.6 Å². The first-order valence-corrected chi connectivity index (χ1v) is 14.4. The van der Waals surface area contributed by atoms with Gasteiger partial charge in [-0.2, -0.15) is 0 Å². The Labute approximate surface area is 242 Å². The lowest BCUT2D eigenvalue weighted by Gasteiger charge is -2.14. The van der Waals surface area contributed by atoms with E-state index in [4.69, 9.17) is 4.74 Å². The van der Waals surface area contributed by atoms with Gasteiger partial charge in [-0.25, -0.2) is 4.79 Å². The van der Waals surface area contributed by atoms with Gasteiger partial charge in [-0.05, 0) is 108 Å². The molecule has 3 nitrogen and oxygen atoms in total. The minimum atomic E-state index is -0.366. The van der Waals surface area contributed by atoms with Crippen molar-refractivity contribution >= 4 is 27.8 Å². The highest BCUT2D eigenvalue weighted by molar-refractivity contribution is 6.12. The molecule has 204 valence electrons. The van der Waals surface area contributed by atoms with Crippen LogP contribution in [-0.4, -0.2) is 10.5 Å². The summed E-state index contributed by atoms with van der Waals surface area (Å²) in [5, 5.41) is 2.55. The standard InChI is InChI=1S/C38H35NO2/c1-6-27-13-14-30(24(2)3)23-33(27)28-17-21-32(22-18-28)41-38(40)29-15-19-31(20-16-29)39-34-11-7-9-25(4)36(34)37-26(5)10-8-12-35(37)39/h7-24H,6H2,1-5H3. The predicted molar refractivity (Wildman–Crippen MR) is 171 cm³/mol. The van der Waals surface area contributed by atoms with Gasteiger partial charge in [0.25, 0.3) is 0 Å². The van der Waals surface area contributed by atoms with Crippen molar-refractivity contribution in [3.63, 3.8) is 0 Å². The van der Waals surface area contributed by atoms with Gasteiger partial charge in [0.1, 0.15) is 5.75 Å². The van der Waals surface area contributed by atoms with Crippen molar-refractivity contribution < 1.29 is 9.53 Å². The lowest BCUT2D eigenvalue weighted by Crippen LogP contribution is -2.08. The zero-order valence-corrected chi connectivity index (χ0v) is 24.4. The SMILES string of the molecule is CCc1ccc(C(C)C)cc1-c1ccc(OC(=O)c2ccc(-n3c4cccc(C)c4c4c(C)cccc43)cc2)cc1. The molecule has 0 spiro atoms. The number of carbonyl (C=O) groups is 1. The van der Waals surface area contributed by atoms with Gasteiger partial charge in [0.05, 0.1) is 16.6 Å². The lowest BCUT2D eigenvalue weighted by atomic mass is 9.92. The summed E-state index contributed by atoms with van der Waals surface area (Å²) in [6.45, 7) is 10.9. The van der Waals surface area contributed by atoms with Gasteiger partial charge in [0.2, 0.25) is 0 Å². The van der Waals surface area contributed by atoms with E-state index in [0.29, 0.717) is 17.2 Å². The number of esters is 1. The van der Waals surface area contributed by atoms with E-state index >= 15 is 0 Å². The van der Waals surface area contributed by atoms with Gasteiger partial charge in [0.15, 0.2) is 0 Å². The Morgan fingerprint density at radius 3 is 1.93 bits per heavy atom. The molecule has 0 saturated heterocycles. The Kier molecular flexibility index (Phi) is 6.96. The minimum Gasteiger partial charge on any atom is -0.423 e. The molecule has 0 N–H and O–H groups in total. The maximum atomic E-state index is 13.1. The summed E-state index contributed by atoms with van der Waals surface area (Å²) < 4.78 is 8.04. The predicted octanol–water partition coefficient (Wildman–Crippen LogP) is 9.97. The van der Waals surface area contributed by atoms with Crippen LogP contribution in [0.1, 0.15) is 59.3 Å². The van der Waals surface area contributed by atoms with E-state index in [1.807, 2.05) is 48.5 Å². The van der Waals surface area contributed by atoms with Crippen molar-refractivity contribution in [1.29, 1.82) is 0 Å². The van der Waals surface area contributed by atoms with E-state index in [2.05, 4.69) is 93.8 Å². The van der Waals surface area contributed by atoms with E-state index in [-0.39, 0.29) is 5.97 Å². The molecular formula is C38H35NO2. The number of ether oxygens (including phenoxy) is 1. The van der Waals surface area contributed by atoms with Crippen molar-refractivity contribution in [2.24, 2.45) is 0 Å². The van der Waals surface area contributed by atoms with Crippen LogP contribution in [-0.2, 0) is 6.42 Å². The molecule has 0 amide bonds. The van der Waals surface area contributed by atoms with E-state index < -0.39 is 0 Å². The Bertz CT molecular complexity index is 1830. The first-order chi connectivity index (χ1) is 19.9. The Morgan fingerprint density at radius 2 is 1.37 bits per heavy atom. The largest absolute Gasteiger partial charge is 0.423 e. The third-order valence-corrected chi connectivity index (χ3v) is 8.15. The molecule has 41 heavy (non-hydrogen) atoms. The molecule has 0 aliphatic carbocycles. The zero-order valence-electron chi connectivity index (χ0n) is 24.4. The van der Waals surface area contributed by atoms with Gasteiger partial charge in [-0.1, -0.05) is 75.4 Å². The second-order valence-corrected chi connectivity index (χ2v) is 11.2. The van der Waals surface area contributed by atoms with E-state index in [0.717, 1.165) is 28.7 Å². The highest BCUT2D eigenvalue weighted by atomic mass is 16.5. The molecule has 0 radical (unpaired) electrons. The Balaban J connectivity index is 1.26. The summed E-state index contributed by atoms with van der Waals surface area (Å²) >= 11 is 0. The quantitative estimate of drug-likeness (QED) is 0.156. The summed E-state index contributed by atoms with van der Waals surface area (Å²) in [5.41, 5.74) is 11.4. The smallest absolute Gasteiger partial charge is 0.343 e. The molecular weight excluding hydrogens is 502 g/mol. The number of aromatic nitrogens is 1. The number of hydrogen-bond donors (Lipinski definition) is 0. The van der Waals surface area contributed by atoms with Crippen LogP contribution in [0.3, 0.4) is 0 Å². The summed E-state index contributed by atoms with van der Waals surface area (Å²) in [6.07, 6.45) is 0.967. The van der Waals surface area contributed by atoms with E-state index in [1.165, 1.54) is 38.6 Å². The van der Waals surface area contributed by atoms with Gasteiger partial charge >= 0.3 is 5.97 Å². The average Bonchev–Trinajstić information content (AvgIpc) is 3.34. The molecule has 5 aromatic carbocycles. The minimum absolute atomic E-state index is 0.366. The second-order valence-electron chi connectivity index (χ2n) is 11.2. The van der Waals surface area contributed by atoms with Crippen molar-refractivity contribution in [3.05, 3.63) is 131 Å². The van der Waals surface area contributed by atoms with Crippen LogP contribution < -0.4 is 4.74 Å². The number of rotatable bonds is 6. The maximum Gasteiger partial charge on any atom is 0.343 e. The third kappa shape index (κ3) is 4.82. The van der Waals surface area contributed by atoms with Gasteiger partial charge in [-0.3, -0.25) is 0 Å². The fourth-order valence-electron chi connectivity index (χ4n) is 5.88. The first kappa shape index (κ1) is 26.6. The second kappa shape index (κ2) is 10.7. The molecule has 0 aliphatic rings. The Hall–Kier alpha value is -4.63. The van der Waals surface area contributed by atoms with Gasteiger partial charge < -0.3 is 9.30 Å². The highest BCUT2D eigenvalue weighted by Crippen LogP contribution is 2.36. The molecule has 1 heterocycles. The van der Waals surface area contributed by atoms with Crippen molar-refractivity contribution in [1.82, 2.24) is 4.57 Å². The molecule has 0 saturated carbocycles. The van der Waals surface area contributed by atoms with Crippen LogP contribution in [0.2, 0.25) is 0 Å². The van der Waals surface area contributed by atoms with E-state index in [1.54, 1.807) is 0 Å². The fourth-order valence-corrected chi connectivity index (χ4v) is 5.88. The number of fused-ring (bicyclic) bond motifs is 3. The molecule has 0 unspecified atom stereocenters. The van der Waals surface area contributed by atoms with Crippen LogP contribution in [0, 0.1) is 13.8 Å². The lowest BCUT2D eigenvalue weighted by molar-refractivity contribution is 0.0735. The molecule has 0 fully saturated rings. The maximum absolute atomic E-state index is 13.1. The van der Waals surface area contributed by atoms with Crippen LogP contribution in [0.15, 0.2) is 103 Å². The van der Waals surface area contributed by atoms with Crippen LogP contribution >= 0.6 is 0 Å². The van der Waals surface area contributed by atoms with Crippen LogP contribution in [0.4, 0.5) is 0 Å². The number of aryl methyl sites for hydroxylation is 3. The Morgan fingerprint density at radius 1 is 0.756 bits per heavy atom. The highest BCUT2D eigenvalue weighted by Gasteiger charge is 2.16. The van der Waals surface area contributed by atoms with Crippen molar-refractivity contribution in [2.45, 2.75) is 47.0 Å². The third-order valence-electron chi connectivity index (χ3n) is 8.15. The number of nitrogens with zero attached hydrogens (tertiary/aromatic N) is 1. The van der Waals surface area contributed by atoms with Crippen LogP contribution in [0.25, 0.3) is 38.6 Å². The first-order valence-electron chi connectivity index (χ1n) is 14.4. The summed E-state index contributed by atoms with van der Waals surface area (Å²) in [4.78, 5) is 13.1. The molecule has 0 aliphatic heterocycles. The van der Waals surface area contributed by atoms with Gasteiger partial charge in [0, 0.05) is 16.5 Å². The molecule has 6 aromatic rings. The fraction of sp³-hybridized carbons (Fsp3) is 0.184.